The van der Waals surface area contributed by atoms with E-state index in [0.29, 0.717) is 11.4 Å². The van der Waals surface area contributed by atoms with E-state index in [1.165, 1.54) is 17.4 Å². The number of aryl methyl sites for hydroxylation is 1. The van der Waals surface area contributed by atoms with E-state index in [2.05, 4.69) is 34.4 Å². The van der Waals surface area contributed by atoms with Gasteiger partial charge >= 0.3 is 0 Å². The van der Waals surface area contributed by atoms with Gasteiger partial charge in [-0.1, -0.05) is 6.07 Å². The molecule has 1 aromatic carbocycles. The Bertz CT molecular complexity index is 715. The molecule has 3 rings (SSSR count). The van der Waals surface area contributed by atoms with Gasteiger partial charge in [0.25, 0.3) is 5.69 Å². The van der Waals surface area contributed by atoms with Crippen molar-refractivity contribution in [2.45, 2.75) is 13.3 Å². The summed E-state index contributed by atoms with van der Waals surface area (Å²) in [4.78, 5) is 16.7. The molecule has 0 amide bonds. The summed E-state index contributed by atoms with van der Waals surface area (Å²) in [6, 6.07) is 7.89. The van der Waals surface area contributed by atoms with Crippen LogP contribution in [0, 0.1) is 17.0 Å². The first-order chi connectivity index (χ1) is 10.0. The number of nitrogens with zero attached hydrogens (tertiary/aromatic N) is 3. The van der Waals surface area contributed by atoms with Gasteiger partial charge in [-0.05, 0) is 37.1 Å². The molecule has 0 fully saturated rings. The third-order valence-electron chi connectivity index (χ3n) is 3.77. The van der Waals surface area contributed by atoms with E-state index >= 15 is 0 Å². The summed E-state index contributed by atoms with van der Waals surface area (Å²) in [6.07, 6.45) is 2.36. The van der Waals surface area contributed by atoms with Gasteiger partial charge in [-0.25, -0.2) is 4.98 Å². The smallest absolute Gasteiger partial charge is 0.290 e. The van der Waals surface area contributed by atoms with Gasteiger partial charge in [0.05, 0.1) is 4.92 Å². The van der Waals surface area contributed by atoms with Crippen LogP contribution in [-0.2, 0) is 6.42 Å². The van der Waals surface area contributed by atoms with E-state index in [1.54, 1.807) is 13.0 Å². The quantitative estimate of drug-likeness (QED) is 0.693. The molecule has 2 heterocycles. The molecular weight excluding hydrogens is 268 g/mol. The molecule has 1 aliphatic heterocycles. The van der Waals surface area contributed by atoms with Crippen molar-refractivity contribution in [2.24, 2.45) is 0 Å². The molecule has 2 aromatic rings. The second-order valence-corrected chi connectivity index (χ2v) is 5.25. The Morgan fingerprint density at radius 1 is 1.38 bits per heavy atom. The second-order valence-electron chi connectivity index (χ2n) is 5.25. The highest BCUT2D eigenvalue weighted by molar-refractivity contribution is 5.68. The van der Waals surface area contributed by atoms with Crippen LogP contribution in [0.15, 0.2) is 30.5 Å². The molecule has 0 saturated carbocycles. The number of nitro groups is 1. The summed E-state index contributed by atoms with van der Waals surface area (Å²) in [5.74, 6) is 0.610. The molecule has 0 aliphatic carbocycles. The number of hydrogen-bond acceptors (Lipinski definition) is 5. The van der Waals surface area contributed by atoms with Crippen LogP contribution in [0.25, 0.3) is 0 Å². The zero-order valence-electron chi connectivity index (χ0n) is 12.0. The minimum Gasteiger partial charge on any atom is -0.374 e. The fraction of sp³-hybridized carbons (Fsp3) is 0.267. The summed E-state index contributed by atoms with van der Waals surface area (Å²) < 4.78 is 0. The lowest BCUT2D eigenvalue weighted by Crippen LogP contribution is -2.12. The van der Waals surface area contributed by atoms with Crippen LogP contribution in [0.3, 0.4) is 0 Å². The zero-order valence-corrected chi connectivity index (χ0v) is 12.0. The van der Waals surface area contributed by atoms with Crippen LogP contribution in [-0.4, -0.2) is 23.5 Å². The lowest BCUT2D eigenvalue weighted by molar-refractivity contribution is -0.385. The molecule has 0 saturated heterocycles. The number of pyridine rings is 1. The summed E-state index contributed by atoms with van der Waals surface area (Å²) in [7, 11) is 2.07. The average molecular weight is 284 g/mol. The Morgan fingerprint density at radius 2 is 2.19 bits per heavy atom. The van der Waals surface area contributed by atoms with Gasteiger partial charge in [0.15, 0.2) is 0 Å². The van der Waals surface area contributed by atoms with Crippen LogP contribution in [0.5, 0.6) is 0 Å². The van der Waals surface area contributed by atoms with E-state index in [-0.39, 0.29) is 5.69 Å². The first-order valence-corrected chi connectivity index (χ1v) is 6.77. The van der Waals surface area contributed by atoms with Crippen molar-refractivity contribution in [3.05, 3.63) is 51.7 Å². The maximum absolute atomic E-state index is 10.8. The van der Waals surface area contributed by atoms with Gasteiger partial charge in [-0.3, -0.25) is 10.1 Å². The van der Waals surface area contributed by atoms with Crippen LogP contribution in [0.4, 0.5) is 22.9 Å². The predicted octanol–water partition coefficient (Wildman–Crippen LogP) is 3.03. The molecule has 0 unspecified atom stereocenters. The fourth-order valence-corrected chi connectivity index (χ4v) is 2.57. The van der Waals surface area contributed by atoms with Gasteiger partial charge < -0.3 is 10.2 Å². The highest BCUT2D eigenvalue weighted by Crippen LogP contribution is 2.31. The van der Waals surface area contributed by atoms with Crippen molar-refractivity contribution in [1.82, 2.24) is 4.98 Å². The maximum atomic E-state index is 10.8. The largest absolute Gasteiger partial charge is 0.374 e. The van der Waals surface area contributed by atoms with Crippen LogP contribution in [0.2, 0.25) is 0 Å². The van der Waals surface area contributed by atoms with Crippen molar-refractivity contribution >= 4 is 22.9 Å². The summed E-state index contributed by atoms with van der Waals surface area (Å²) in [5, 5.41) is 14.0. The van der Waals surface area contributed by atoms with Gasteiger partial charge in [0.1, 0.15) is 12.0 Å². The van der Waals surface area contributed by atoms with Gasteiger partial charge in [-0.15, -0.1) is 0 Å². The number of hydrogen-bond donors (Lipinski definition) is 1. The minimum atomic E-state index is -0.420. The molecule has 0 atom stereocenters. The van der Waals surface area contributed by atoms with Crippen LogP contribution in [0.1, 0.15) is 11.1 Å². The highest BCUT2D eigenvalue weighted by atomic mass is 16.6. The van der Waals surface area contributed by atoms with Crippen molar-refractivity contribution in [2.75, 3.05) is 23.8 Å². The lowest BCUT2D eigenvalue weighted by Gasteiger charge is -2.14. The van der Waals surface area contributed by atoms with Crippen molar-refractivity contribution < 1.29 is 4.92 Å². The topological polar surface area (TPSA) is 71.3 Å². The molecular formula is C15H16N4O2. The molecule has 6 heteroatoms. The Hall–Kier alpha value is -2.63. The highest BCUT2D eigenvalue weighted by Gasteiger charge is 2.16. The van der Waals surface area contributed by atoms with Crippen LogP contribution >= 0.6 is 0 Å². The Morgan fingerprint density at radius 3 is 2.90 bits per heavy atom. The minimum absolute atomic E-state index is 0.0363. The number of fused-ring (bicyclic) bond motifs is 1. The number of rotatable bonds is 3. The SMILES string of the molecule is Cc1cc(Nc2ccc3c(c2)N(C)CC3)ncc1[N+](=O)[O-]. The van der Waals surface area contributed by atoms with E-state index in [0.717, 1.165) is 18.7 Å². The van der Waals surface area contributed by atoms with Crippen molar-refractivity contribution in [3.8, 4) is 0 Å². The van der Waals surface area contributed by atoms with E-state index < -0.39 is 4.92 Å². The first-order valence-electron chi connectivity index (χ1n) is 6.77. The summed E-state index contributed by atoms with van der Waals surface area (Å²) in [5.41, 5.74) is 4.13. The monoisotopic (exact) mass is 284 g/mol. The van der Waals surface area contributed by atoms with Gasteiger partial charge in [0, 0.05) is 30.5 Å². The third kappa shape index (κ3) is 2.52. The molecule has 21 heavy (non-hydrogen) atoms. The van der Waals surface area contributed by atoms with E-state index in [1.807, 2.05) is 6.07 Å². The maximum Gasteiger partial charge on any atom is 0.290 e. The van der Waals surface area contributed by atoms with Crippen molar-refractivity contribution in [3.63, 3.8) is 0 Å². The standard InChI is InChI=1S/C15H16N4O2/c1-10-7-15(16-9-14(10)19(20)21)17-12-4-3-11-5-6-18(2)13(11)8-12/h3-4,7-9H,5-6H2,1-2H3,(H,16,17). The normalized spacial score (nSPS) is 13.1. The average Bonchev–Trinajstić information content (AvgIpc) is 2.80. The Labute approximate surface area is 122 Å². The lowest BCUT2D eigenvalue weighted by atomic mass is 10.1. The molecule has 0 bridgehead atoms. The summed E-state index contributed by atoms with van der Waals surface area (Å²) >= 11 is 0. The first kappa shape index (κ1) is 13.4. The molecule has 1 N–H and O–H groups in total. The van der Waals surface area contributed by atoms with Gasteiger partial charge in [-0.2, -0.15) is 0 Å². The number of nitrogens with one attached hydrogen (secondary N) is 1. The number of aromatic nitrogens is 1. The molecule has 108 valence electrons. The number of likely N-dealkylation sites (N-methyl/N-ethyl adjacent to an activating group) is 1. The van der Waals surface area contributed by atoms with Crippen molar-refractivity contribution in [1.29, 1.82) is 0 Å². The Kier molecular flexibility index (Phi) is 3.21. The summed E-state index contributed by atoms with van der Waals surface area (Å²) in [6.45, 7) is 2.75. The molecule has 1 aliphatic rings. The molecule has 6 nitrogen and oxygen atoms in total. The fourth-order valence-electron chi connectivity index (χ4n) is 2.57. The predicted molar refractivity (Wildman–Crippen MR) is 82.3 cm³/mol. The zero-order chi connectivity index (χ0) is 15.0. The molecule has 0 spiro atoms. The number of anilines is 3. The van der Waals surface area contributed by atoms with E-state index in [4.69, 9.17) is 0 Å². The third-order valence-corrected chi connectivity index (χ3v) is 3.77. The van der Waals surface area contributed by atoms with Crippen LogP contribution < -0.4 is 10.2 Å². The number of benzene rings is 1. The molecule has 1 aromatic heterocycles. The van der Waals surface area contributed by atoms with E-state index in [9.17, 15) is 10.1 Å². The Balaban J connectivity index is 1.86. The molecule has 0 radical (unpaired) electrons. The van der Waals surface area contributed by atoms with Gasteiger partial charge in [0.2, 0.25) is 0 Å². The second kappa shape index (κ2) is 5.05.